The van der Waals surface area contributed by atoms with Crippen molar-refractivity contribution in [2.75, 3.05) is 25.9 Å². The Bertz CT molecular complexity index is 1290. The van der Waals surface area contributed by atoms with Crippen LogP contribution in [0.2, 0.25) is 6.82 Å². The van der Waals surface area contributed by atoms with Crippen LogP contribution in [0.15, 0.2) is 33.6 Å². The van der Waals surface area contributed by atoms with Crippen molar-refractivity contribution in [3.63, 3.8) is 0 Å². The lowest BCUT2D eigenvalue weighted by molar-refractivity contribution is -0.144. The van der Waals surface area contributed by atoms with E-state index in [0.717, 1.165) is 12.8 Å². The molecule has 0 amide bonds. The monoisotopic (exact) mass is 496 g/mol. The lowest BCUT2D eigenvalue weighted by Gasteiger charge is -2.43. The van der Waals surface area contributed by atoms with Gasteiger partial charge in [-0.2, -0.15) is 5.06 Å². The number of benzene rings is 1. The average Bonchev–Trinajstić information content (AvgIpc) is 3.18. The Labute approximate surface area is 208 Å². The molecule has 4 atom stereocenters. The molecule has 0 aliphatic carbocycles. The van der Waals surface area contributed by atoms with Gasteiger partial charge in [0.15, 0.2) is 23.9 Å². The van der Waals surface area contributed by atoms with E-state index in [1.165, 1.54) is 13.2 Å². The second-order valence-corrected chi connectivity index (χ2v) is 9.11. The first-order valence-electron chi connectivity index (χ1n) is 11.9. The van der Waals surface area contributed by atoms with E-state index in [9.17, 15) is 4.79 Å². The van der Waals surface area contributed by atoms with Crippen molar-refractivity contribution in [1.82, 2.24) is 20.2 Å². The normalized spacial score (nSPS) is 23.7. The second-order valence-electron chi connectivity index (χ2n) is 9.11. The van der Waals surface area contributed by atoms with Crippen LogP contribution in [0.3, 0.4) is 0 Å². The van der Waals surface area contributed by atoms with Gasteiger partial charge in [-0.1, -0.05) is 6.82 Å². The summed E-state index contributed by atoms with van der Waals surface area (Å²) in [5.41, 5.74) is 0.706. The summed E-state index contributed by atoms with van der Waals surface area (Å²) in [6.45, 7) is 3.48. The molecule has 2 aliphatic rings. The molecule has 189 valence electrons. The second kappa shape index (κ2) is 10.1. The van der Waals surface area contributed by atoms with Gasteiger partial charge in [-0.3, -0.25) is 4.79 Å². The number of alkyl halides is 1. The summed E-state index contributed by atoms with van der Waals surface area (Å²) in [6.07, 6.45) is 2.73. The third-order valence-corrected chi connectivity index (χ3v) is 6.89. The molecule has 1 aromatic carbocycles. The molecule has 2 saturated heterocycles. The number of nitrogens with zero attached hydrogens (tertiary/aromatic N) is 5. The molecule has 0 spiro atoms. The maximum Gasteiger partial charge on any atom is 0.321 e. The highest BCUT2D eigenvalue weighted by atomic mass is 19.1. The summed E-state index contributed by atoms with van der Waals surface area (Å²) in [5.74, 6) is 1.60. The first-order chi connectivity index (χ1) is 17.4. The van der Waals surface area contributed by atoms with E-state index < -0.39 is 6.17 Å². The van der Waals surface area contributed by atoms with Crippen molar-refractivity contribution in [2.24, 2.45) is 0 Å². The Morgan fingerprint density at radius 3 is 2.83 bits per heavy atom. The van der Waals surface area contributed by atoms with E-state index in [1.807, 2.05) is 7.05 Å². The fraction of sp³-hybridized carbons (Fsp3) is 0.500. The zero-order chi connectivity index (χ0) is 25.4. The smallest absolute Gasteiger partial charge is 0.321 e. The molecule has 3 aromatic rings. The summed E-state index contributed by atoms with van der Waals surface area (Å²) >= 11 is 0. The number of hydrogen-bond acceptors (Lipinski definition) is 10. The van der Waals surface area contributed by atoms with Crippen LogP contribution in [0, 0.1) is 6.92 Å². The molecule has 36 heavy (non-hydrogen) atoms. The molecule has 12 heteroatoms. The minimum absolute atomic E-state index is 0.0254. The van der Waals surface area contributed by atoms with Crippen molar-refractivity contribution in [3.05, 3.63) is 40.4 Å². The molecule has 0 N–H and O–H groups in total. The molecule has 2 unspecified atom stereocenters. The molecular weight excluding hydrogens is 468 g/mol. The van der Waals surface area contributed by atoms with Crippen LogP contribution in [0.4, 0.5) is 10.2 Å². The number of hydroxylamine groups is 2. The third kappa shape index (κ3) is 4.44. The average molecular weight is 496 g/mol. The largest absolute Gasteiger partial charge is 0.467 e. The van der Waals surface area contributed by atoms with E-state index in [1.54, 1.807) is 49.5 Å². The number of aromatic nitrogens is 3. The SMILES string of the molecule is C[B]ON1C2CCC1[C@H](F)[C@H](N(C)c1cnc(-c3cc4oc(C)cc(=O)c4cc3OCOC)nn1)C2. The quantitative estimate of drug-likeness (QED) is 0.342. The number of hydrogen-bond donors (Lipinski definition) is 0. The van der Waals surface area contributed by atoms with Gasteiger partial charge in [-0.15, -0.1) is 10.2 Å². The highest BCUT2D eigenvalue weighted by Gasteiger charge is 2.49. The number of anilines is 1. The topological polar surface area (TPSA) is 103 Å². The molecule has 5 rings (SSSR count). The minimum Gasteiger partial charge on any atom is -0.467 e. The number of ether oxygens (including phenoxy) is 2. The molecular formula is C24H28BFN5O5. The van der Waals surface area contributed by atoms with Crippen LogP contribution < -0.4 is 15.1 Å². The van der Waals surface area contributed by atoms with Crippen molar-refractivity contribution in [1.29, 1.82) is 0 Å². The van der Waals surface area contributed by atoms with E-state index in [4.69, 9.17) is 18.6 Å². The summed E-state index contributed by atoms with van der Waals surface area (Å²) in [7, 11) is 4.91. The predicted octanol–water partition coefficient (Wildman–Crippen LogP) is 2.91. The summed E-state index contributed by atoms with van der Waals surface area (Å²) < 4.78 is 37.5. The number of fused-ring (bicyclic) bond motifs is 3. The van der Waals surface area contributed by atoms with E-state index >= 15 is 4.39 Å². The zero-order valence-electron chi connectivity index (χ0n) is 20.7. The van der Waals surface area contributed by atoms with Crippen LogP contribution in [-0.4, -0.2) is 73.0 Å². The summed E-state index contributed by atoms with van der Waals surface area (Å²) in [5, 5.41) is 10.8. The van der Waals surface area contributed by atoms with Crippen LogP contribution in [0.25, 0.3) is 22.4 Å². The van der Waals surface area contributed by atoms with Crippen LogP contribution in [-0.2, 0) is 9.49 Å². The Morgan fingerprint density at radius 2 is 2.11 bits per heavy atom. The van der Waals surface area contributed by atoms with Gasteiger partial charge < -0.3 is 23.5 Å². The lowest BCUT2D eigenvalue weighted by atomic mass is 9.95. The van der Waals surface area contributed by atoms with E-state index in [-0.39, 0.29) is 36.2 Å². The molecule has 2 bridgehead atoms. The highest BCUT2D eigenvalue weighted by Crippen LogP contribution is 2.40. The Balaban J connectivity index is 1.43. The first-order valence-corrected chi connectivity index (χ1v) is 11.9. The van der Waals surface area contributed by atoms with Gasteiger partial charge >= 0.3 is 7.48 Å². The number of methoxy groups -OCH3 is 1. The van der Waals surface area contributed by atoms with E-state index in [2.05, 4.69) is 15.2 Å². The predicted molar refractivity (Wildman–Crippen MR) is 132 cm³/mol. The molecule has 4 heterocycles. The van der Waals surface area contributed by atoms with Crippen LogP contribution in [0.1, 0.15) is 25.0 Å². The number of halogens is 1. The standard InChI is InChI=1S/C24H28BFN5O5/c1-13-7-19(32)15-9-20(34-12-33-4)16(10-21(15)35-13)24-27-11-22(28-29-24)30(3)18-8-14-5-6-17(23(18)26)31(14)36-25-2/h7,9-11,14,17-18,23H,5-6,8,12H2,1-4H3/t14?,17?,18-,23+/m1/s1. The maximum atomic E-state index is 15.5. The molecule has 2 aromatic heterocycles. The van der Waals surface area contributed by atoms with Crippen LogP contribution in [0.5, 0.6) is 5.75 Å². The van der Waals surface area contributed by atoms with Gasteiger partial charge in [0.2, 0.25) is 0 Å². The van der Waals surface area contributed by atoms with Crippen molar-refractivity contribution in [3.8, 4) is 17.1 Å². The van der Waals surface area contributed by atoms with Gasteiger partial charge in [-0.05, 0) is 38.3 Å². The van der Waals surface area contributed by atoms with Gasteiger partial charge in [0, 0.05) is 26.3 Å². The molecule has 10 nitrogen and oxygen atoms in total. The van der Waals surface area contributed by atoms with Crippen molar-refractivity contribution in [2.45, 2.75) is 57.3 Å². The Hall–Kier alpha value is -3.09. The lowest BCUT2D eigenvalue weighted by Crippen LogP contribution is -2.57. The van der Waals surface area contributed by atoms with Crippen LogP contribution >= 0.6 is 0 Å². The fourth-order valence-corrected chi connectivity index (χ4v) is 5.18. The molecule has 0 saturated carbocycles. The zero-order valence-corrected chi connectivity index (χ0v) is 20.7. The number of piperidine rings is 1. The minimum atomic E-state index is -1.10. The Morgan fingerprint density at radius 1 is 1.28 bits per heavy atom. The first kappa shape index (κ1) is 24.6. The molecule has 2 fully saturated rings. The number of aryl methyl sites for hydroxylation is 1. The molecule has 2 aliphatic heterocycles. The highest BCUT2D eigenvalue weighted by molar-refractivity contribution is 6.24. The van der Waals surface area contributed by atoms with Gasteiger partial charge in [0.25, 0.3) is 0 Å². The maximum absolute atomic E-state index is 15.5. The van der Waals surface area contributed by atoms with Gasteiger partial charge in [-0.25, -0.2) is 9.37 Å². The van der Waals surface area contributed by atoms with Gasteiger partial charge in [0.05, 0.1) is 29.2 Å². The van der Waals surface area contributed by atoms with E-state index in [0.29, 0.717) is 40.3 Å². The fourth-order valence-electron chi connectivity index (χ4n) is 5.18. The summed E-state index contributed by atoms with van der Waals surface area (Å²) in [6, 6.07) is 4.17. The Kier molecular flexibility index (Phi) is 6.91. The number of rotatable bonds is 8. The summed E-state index contributed by atoms with van der Waals surface area (Å²) in [4.78, 5) is 18.7. The van der Waals surface area contributed by atoms with Crippen molar-refractivity contribution < 1.29 is 23.0 Å². The molecule has 1 radical (unpaired) electrons. The van der Waals surface area contributed by atoms with Gasteiger partial charge in [0.1, 0.15) is 23.3 Å². The third-order valence-electron chi connectivity index (χ3n) is 6.89. The van der Waals surface area contributed by atoms with Crippen molar-refractivity contribution >= 4 is 24.3 Å².